The molecule has 5 nitrogen and oxygen atoms in total. The number of hydrazine groups is 1. The van der Waals surface area contributed by atoms with Crippen molar-refractivity contribution >= 4 is 0 Å². The van der Waals surface area contributed by atoms with E-state index in [-0.39, 0.29) is 11.5 Å². The molecule has 0 fully saturated rings. The minimum absolute atomic E-state index is 0.0459. The van der Waals surface area contributed by atoms with Crippen LogP contribution in [0.1, 0.15) is 32.5 Å². The SMILES string of the molecule is Cn1nncc1C(NN)C(C)(C)C. The van der Waals surface area contributed by atoms with Crippen LogP contribution in [0.4, 0.5) is 0 Å². The first kappa shape index (κ1) is 10.1. The Morgan fingerprint density at radius 1 is 1.54 bits per heavy atom. The van der Waals surface area contributed by atoms with Gasteiger partial charge in [0.05, 0.1) is 17.9 Å². The van der Waals surface area contributed by atoms with Gasteiger partial charge in [0.25, 0.3) is 0 Å². The number of aryl methyl sites for hydroxylation is 1. The molecule has 0 aliphatic rings. The van der Waals surface area contributed by atoms with Crippen molar-refractivity contribution in [2.24, 2.45) is 18.3 Å². The predicted octanol–water partition coefficient (Wildman–Crippen LogP) is 0.366. The van der Waals surface area contributed by atoms with Gasteiger partial charge in [0.15, 0.2) is 0 Å². The van der Waals surface area contributed by atoms with Crippen LogP contribution in [0.3, 0.4) is 0 Å². The lowest BCUT2D eigenvalue weighted by Crippen LogP contribution is -2.38. The van der Waals surface area contributed by atoms with E-state index in [1.54, 1.807) is 10.9 Å². The van der Waals surface area contributed by atoms with Crippen LogP contribution in [-0.2, 0) is 7.05 Å². The minimum Gasteiger partial charge on any atom is -0.271 e. The third-order valence-corrected chi connectivity index (χ3v) is 2.08. The summed E-state index contributed by atoms with van der Waals surface area (Å²) in [7, 11) is 1.86. The lowest BCUT2D eigenvalue weighted by molar-refractivity contribution is 0.263. The first-order valence-corrected chi connectivity index (χ1v) is 4.27. The monoisotopic (exact) mass is 183 g/mol. The molecule has 0 saturated carbocycles. The average molecular weight is 183 g/mol. The first-order valence-electron chi connectivity index (χ1n) is 4.27. The van der Waals surface area contributed by atoms with E-state index in [0.29, 0.717) is 0 Å². The zero-order chi connectivity index (χ0) is 10.1. The van der Waals surface area contributed by atoms with Crippen molar-refractivity contribution in [2.45, 2.75) is 26.8 Å². The van der Waals surface area contributed by atoms with E-state index in [2.05, 4.69) is 36.5 Å². The number of hydrogen-bond donors (Lipinski definition) is 2. The average Bonchev–Trinajstić information content (AvgIpc) is 2.35. The van der Waals surface area contributed by atoms with Crippen molar-refractivity contribution in [3.8, 4) is 0 Å². The fraction of sp³-hybridized carbons (Fsp3) is 0.750. The smallest absolute Gasteiger partial charge is 0.0772 e. The molecule has 0 amide bonds. The summed E-state index contributed by atoms with van der Waals surface area (Å²) in [6.45, 7) is 6.35. The Bertz CT molecular complexity index is 272. The third-order valence-electron chi connectivity index (χ3n) is 2.08. The van der Waals surface area contributed by atoms with Crippen LogP contribution in [0, 0.1) is 5.41 Å². The minimum atomic E-state index is 0.0459. The van der Waals surface area contributed by atoms with Gasteiger partial charge >= 0.3 is 0 Å². The highest BCUT2D eigenvalue weighted by atomic mass is 15.4. The number of nitrogens with two attached hydrogens (primary N) is 1. The number of nitrogens with zero attached hydrogens (tertiary/aromatic N) is 3. The first-order chi connectivity index (χ1) is 5.96. The summed E-state index contributed by atoms with van der Waals surface area (Å²) >= 11 is 0. The molecule has 0 aromatic carbocycles. The fourth-order valence-corrected chi connectivity index (χ4v) is 1.34. The van der Waals surface area contributed by atoms with E-state index in [1.165, 1.54) is 0 Å². The topological polar surface area (TPSA) is 68.8 Å². The van der Waals surface area contributed by atoms with Gasteiger partial charge in [0.2, 0.25) is 0 Å². The van der Waals surface area contributed by atoms with Crippen molar-refractivity contribution in [1.82, 2.24) is 20.4 Å². The molecule has 3 N–H and O–H groups in total. The van der Waals surface area contributed by atoms with E-state index in [9.17, 15) is 0 Å². The molecule has 74 valence electrons. The van der Waals surface area contributed by atoms with Crippen LogP contribution in [0.2, 0.25) is 0 Å². The number of nitrogens with one attached hydrogen (secondary N) is 1. The normalized spacial score (nSPS) is 14.5. The molecule has 0 aliphatic carbocycles. The molecule has 5 heteroatoms. The van der Waals surface area contributed by atoms with Gasteiger partial charge < -0.3 is 0 Å². The Labute approximate surface area is 78.3 Å². The van der Waals surface area contributed by atoms with Gasteiger partial charge in [-0.05, 0) is 5.41 Å². The molecule has 0 radical (unpaired) electrons. The zero-order valence-corrected chi connectivity index (χ0v) is 8.57. The molecule has 1 heterocycles. The van der Waals surface area contributed by atoms with Crippen molar-refractivity contribution < 1.29 is 0 Å². The lowest BCUT2D eigenvalue weighted by atomic mass is 9.85. The molecule has 0 spiro atoms. The molecule has 1 rings (SSSR count). The van der Waals surface area contributed by atoms with Crippen LogP contribution in [-0.4, -0.2) is 15.0 Å². The second-order valence-corrected chi connectivity index (χ2v) is 4.25. The van der Waals surface area contributed by atoms with Crippen LogP contribution in [0.25, 0.3) is 0 Å². The predicted molar refractivity (Wildman–Crippen MR) is 50.5 cm³/mol. The second-order valence-electron chi connectivity index (χ2n) is 4.25. The van der Waals surface area contributed by atoms with Gasteiger partial charge in [-0.25, -0.2) is 0 Å². The summed E-state index contributed by atoms with van der Waals surface area (Å²) in [6, 6.07) is 0.0625. The highest BCUT2D eigenvalue weighted by Gasteiger charge is 2.27. The molecule has 0 aliphatic heterocycles. The molecule has 1 aromatic rings. The molecule has 1 atom stereocenters. The van der Waals surface area contributed by atoms with Crippen molar-refractivity contribution in [3.05, 3.63) is 11.9 Å². The van der Waals surface area contributed by atoms with E-state index in [4.69, 9.17) is 5.84 Å². The molecule has 0 bridgehead atoms. The van der Waals surface area contributed by atoms with Gasteiger partial charge in [-0.2, -0.15) is 0 Å². The van der Waals surface area contributed by atoms with Crippen molar-refractivity contribution in [2.75, 3.05) is 0 Å². The summed E-state index contributed by atoms with van der Waals surface area (Å²) < 4.78 is 1.73. The van der Waals surface area contributed by atoms with Crippen LogP contribution >= 0.6 is 0 Å². The number of hydrogen-bond acceptors (Lipinski definition) is 4. The Morgan fingerprint density at radius 2 is 2.15 bits per heavy atom. The largest absolute Gasteiger partial charge is 0.271 e. The highest BCUT2D eigenvalue weighted by molar-refractivity contribution is 5.05. The molecule has 1 unspecified atom stereocenters. The van der Waals surface area contributed by atoms with Crippen LogP contribution in [0.15, 0.2) is 6.20 Å². The van der Waals surface area contributed by atoms with E-state index < -0.39 is 0 Å². The summed E-state index contributed by atoms with van der Waals surface area (Å²) in [6.07, 6.45) is 1.73. The summed E-state index contributed by atoms with van der Waals surface area (Å²) in [5, 5.41) is 7.69. The molecular formula is C8H17N5. The molecule has 0 saturated heterocycles. The Hall–Kier alpha value is -0.940. The maximum Gasteiger partial charge on any atom is 0.0772 e. The zero-order valence-electron chi connectivity index (χ0n) is 8.57. The van der Waals surface area contributed by atoms with Gasteiger partial charge in [-0.1, -0.05) is 26.0 Å². The van der Waals surface area contributed by atoms with Crippen molar-refractivity contribution in [3.63, 3.8) is 0 Å². The fourth-order valence-electron chi connectivity index (χ4n) is 1.34. The summed E-state index contributed by atoms with van der Waals surface area (Å²) in [4.78, 5) is 0. The summed E-state index contributed by atoms with van der Waals surface area (Å²) in [5.41, 5.74) is 3.83. The van der Waals surface area contributed by atoms with Gasteiger partial charge in [0.1, 0.15) is 0 Å². The maximum atomic E-state index is 5.50. The highest BCUT2D eigenvalue weighted by Crippen LogP contribution is 2.30. The second kappa shape index (κ2) is 3.43. The number of rotatable bonds is 2. The Kier molecular flexibility index (Phi) is 2.68. The number of aromatic nitrogens is 3. The quantitative estimate of drug-likeness (QED) is 0.513. The molecule has 13 heavy (non-hydrogen) atoms. The van der Waals surface area contributed by atoms with E-state index in [1.807, 2.05) is 7.05 Å². The van der Waals surface area contributed by atoms with Gasteiger partial charge in [-0.3, -0.25) is 16.0 Å². The maximum absolute atomic E-state index is 5.50. The third kappa shape index (κ3) is 2.05. The molecular weight excluding hydrogens is 166 g/mol. The Balaban J connectivity index is 2.98. The van der Waals surface area contributed by atoms with Crippen LogP contribution < -0.4 is 11.3 Å². The Morgan fingerprint density at radius 3 is 2.46 bits per heavy atom. The lowest BCUT2D eigenvalue weighted by Gasteiger charge is -2.29. The van der Waals surface area contributed by atoms with Crippen LogP contribution in [0.5, 0.6) is 0 Å². The van der Waals surface area contributed by atoms with E-state index >= 15 is 0 Å². The molecule has 1 aromatic heterocycles. The standard InChI is InChI=1S/C8H17N5/c1-8(2,3)7(11-9)6-5-10-12-13(6)4/h5,7,11H,9H2,1-4H3. The van der Waals surface area contributed by atoms with Crippen molar-refractivity contribution in [1.29, 1.82) is 0 Å². The summed E-state index contributed by atoms with van der Waals surface area (Å²) in [5.74, 6) is 5.50. The van der Waals surface area contributed by atoms with Gasteiger partial charge in [0, 0.05) is 7.05 Å². The van der Waals surface area contributed by atoms with Gasteiger partial charge in [-0.15, -0.1) is 5.10 Å². The van der Waals surface area contributed by atoms with E-state index in [0.717, 1.165) is 5.69 Å².